The normalized spacial score (nSPS) is 14.9. The molecule has 1 heterocycles. The van der Waals surface area contributed by atoms with Crippen LogP contribution in [-0.2, 0) is 0 Å². The highest BCUT2D eigenvalue weighted by Crippen LogP contribution is 2.44. The predicted octanol–water partition coefficient (Wildman–Crippen LogP) is 3.73. The maximum absolute atomic E-state index is 5.23. The van der Waals surface area contributed by atoms with Gasteiger partial charge in [-0.15, -0.1) is 0 Å². The Morgan fingerprint density at radius 2 is 2.24 bits per heavy atom. The van der Waals surface area contributed by atoms with Crippen LogP contribution in [0.2, 0.25) is 0 Å². The topological polar surface area (TPSA) is 37.9 Å². The molecule has 1 aromatic carbocycles. The molecule has 0 bridgehead atoms. The standard InChI is InChI=1S/C13H13BrN2O/c1-17-10-4-2-3-9(7-10)13-11(14)12(15-16-13)8-5-6-8/h2-4,7-8H,5-6H2,1H3,(H,15,16). The van der Waals surface area contributed by atoms with Crippen molar-refractivity contribution in [3.8, 4) is 17.0 Å². The minimum atomic E-state index is 0.663. The molecule has 1 aliphatic rings. The first-order valence-corrected chi connectivity index (χ1v) is 6.47. The summed E-state index contributed by atoms with van der Waals surface area (Å²) in [5, 5.41) is 7.53. The molecule has 0 amide bonds. The third-order valence-corrected chi connectivity index (χ3v) is 3.86. The molecule has 88 valence electrons. The van der Waals surface area contributed by atoms with Gasteiger partial charge >= 0.3 is 0 Å². The van der Waals surface area contributed by atoms with E-state index in [-0.39, 0.29) is 0 Å². The molecule has 0 aliphatic heterocycles. The lowest BCUT2D eigenvalue weighted by molar-refractivity contribution is 0.415. The molecule has 1 N–H and O–H groups in total. The van der Waals surface area contributed by atoms with Crippen molar-refractivity contribution in [2.45, 2.75) is 18.8 Å². The van der Waals surface area contributed by atoms with Crippen molar-refractivity contribution in [3.63, 3.8) is 0 Å². The average molecular weight is 293 g/mol. The summed E-state index contributed by atoms with van der Waals surface area (Å²) < 4.78 is 6.32. The van der Waals surface area contributed by atoms with Crippen LogP contribution >= 0.6 is 15.9 Å². The van der Waals surface area contributed by atoms with E-state index in [9.17, 15) is 0 Å². The van der Waals surface area contributed by atoms with Crippen molar-refractivity contribution in [2.75, 3.05) is 7.11 Å². The second-order valence-electron chi connectivity index (χ2n) is 4.31. The van der Waals surface area contributed by atoms with Crippen LogP contribution in [0.5, 0.6) is 5.75 Å². The van der Waals surface area contributed by atoms with Gasteiger partial charge in [0.2, 0.25) is 0 Å². The van der Waals surface area contributed by atoms with Gasteiger partial charge in [0.25, 0.3) is 0 Å². The summed E-state index contributed by atoms with van der Waals surface area (Å²) in [7, 11) is 1.67. The van der Waals surface area contributed by atoms with Crippen molar-refractivity contribution in [3.05, 3.63) is 34.4 Å². The van der Waals surface area contributed by atoms with Gasteiger partial charge < -0.3 is 4.74 Å². The first-order valence-electron chi connectivity index (χ1n) is 5.68. The van der Waals surface area contributed by atoms with Gasteiger partial charge in [-0.25, -0.2) is 0 Å². The predicted molar refractivity (Wildman–Crippen MR) is 70.3 cm³/mol. The molecule has 0 radical (unpaired) electrons. The Kier molecular flexibility index (Phi) is 2.67. The third kappa shape index (κ3) is 1.97. The molecule has 0 spiro atoms. The van der Waals surface area contributed by atoms with Crippen LogP contribution in [0, 0.1) is 0 Å². The monoisotopic (exact) mass is 292 g/mol. The summed E-state index contributed by atoms with van der Waals surface area (Å²) >= 11 is 3.64. The summed E-state index contributed by atoms with van der Waals surface area (Å²) in [6.07, 6.45) is 2.52. The minimum Gasteiger partial charge on any atom is -0.497 e. The highest BCUT2D eigenvalue weighted by molar-refractivity contribution is 9.10. The van der Waals surface area contributed by atoms with E-state index < -0.39 is 0 Å². The van der Waals surface area contributed by atoms with Gasteiger partial charge in [-0.05, 0) is 40.9 Å². The number of rotatable bonds is 3. The van der Waals surface area contributed by atoms with Crippen LogP contribution in [-0.4, -0.2) is 17.3 Å². The molecule has 1 aliphatic carbocycles. The number of nitrogens with one attached hydrogen (secondary N) is 1. The zero-order valence-electron chi connectivity index (χ0n) is 9.53. The molecule has 0 atom stereocenters. The van der Waals surface area contributed by atoms with Crippen LogP contribution in [0.15, 0.2) is 28.7 Å². The molecule has 1 saturated carbocycles. The fourth-order valence-corrected chi connectivity index (χ4v) is 2.68. The number of ether oxygens (including phenoxy) is 1. The highest BCUT2D eigenvalue weighted by atomic mass is 79.9. The van der Waals surface area contributed by atoms with Gasteiger partial charge in [0.05, 0.1) is 17.3 Å². The fourth-order valence-electron chi connectivity index (χ4n) is 1.95. The van der Waals surface area contributed by atoms with E-state index in [1.54, 1.807) is 7.11 Å². The smallest absolute Gasteiger partial charge is 0.119 e. The number of aromatic amines is 1. The van der Waals surface area contributed by atoms with Crippen LogP contribution in [0.1, 0.15) is 24.5 Å². The van der Waals surface area contributed by atoms with Gasteiger partial charge in [0, 0.05) is 11.5 Å². The van der Waals surface area contributed by atoms with E-state index in [0.717, 1.165) is 21.5 Å². The fraction of sp³-hybridized carbons (Fsp3) is 0.308. The van der Waals surface area contributed by atoms with Crippen LogP contribution in [0.4, 0.5) is 0 Å². The number of nitrogens with zero attached hydrogens (tertiary/aromatic N) is 1. The summed E-state index contributed by atoms with van der Waals surface area (Å²) in [6, 6.07) is 7.95. The van der Waals surface area contributed by atoms with Crippen LogP contribution in [0.3, 0.4) is 0 Å². The van der Waals surface area contributed by atoms with Crippen LogP contribution < -0.4 is 4.74 Å². The summed E-state index contributed by atoms with van der Waals surface area (Å²) in [4.78, 5) is 0. The van der Waals surface area contributed by atoms with Crippen molar-refractivity contribution in [1.29, 1.82) is 0 Å². The van der Waals surface area contributed by atoms with E-state index in [2.05, 4.69) is 26.1 Å². The van der Waals surface area contributed by atoms with E-state index >= 15 is 0 Å². The number of methoxy groups -OCH3 is 1. The first-order chi connectivity index (χ1) is 8.29. The van der Waals surface area contributed by atoms with Crippen molar-refractivity contribution < 1.29 is 4.74 Å². The molecule has 3 nitrogen and oxygen atoms in total. The lowest BCUT2D eigenvalue weighted by Crippen LogP contribution is -1.84. The molecular weight excluding hydrogens is 280 g/mol. The van der Waals surface area contributed by atoms with E-state index in [1.165, 1.54) is 18.5 Å². The largest absolute Gasteiger partial charge is 0.497 e. The number of aromatic nitrogens is 2. The van der Waals surface area contributed by atoms with Gasteiger partial charge in [0.1, 0.15) is 11.4 Å². The highest BCUT2D eigenvalue weighted by Gasteiger charge is 2.29. The minimum absolute atomic E-state index is 0.663. The quantitative estimate of drug-likeness (QED) is 0.936. The molecule has 1 fully saturated rings. The lowest BCUT2D eigenvalue weighted by atomic mass is 10.1. The Labute approximate surface area is 108 Å². The first kappa shape index (κ1) is 10.8. The molecule has 1 aromatic heterocycles. The number of halogens is 1. The Hall–Kier alpha value is -1.29. The molecular formula is C13H13BrN2O. The van der Waals surface area contributed by atoms with Crippen molar-refractivity contribution in [1.82, 2.24) is 10.2 Å². The zero-order chi connectivity index (χ0) is 11.8. The van der Waals surface area contributed by atoms with E-state index in [0.29, 0.717) is 5.92 Å². The number of H-pyrrole nitrogens is 1. The Morgan fingerprint density at radius 1 is 1.41 bits per heavy atom. The molecule has 4 heteroatoms. The lowest BCUT2D eigenvalue weighted by Gasteiger charge is -2.02. The number of hydrogen-bond donors (Lipinski definition) is 1. The third-order valence-electron chi connectivity index (χ3n) is 3.06. The van der Waals surface area contributed by atoms with Gasteiger partial charge in [-0.2, -0.15) is 5.10 Å². The van der Waals surface area contributed by atoms with Gasteiger partial charge in [0.15, 0.2) is 0 Å². The second kappa shape index (κ2) is 4.18. The molecule has 2 aromatic rings. The number of hydrogen-bond acceptors (Lipinski definition) is 2. The Balaban J connectivity index is 2.02. The SMILES string of the molecule is COc1cccc(-c2n[nH]c(C3CC3)c2Br)c1. The number of benzene rings is 1. The second-order valence-corrected chi connectivity index (χ2v) is 5.10. The van der Waals surface area contributed by atoms with Gasteiger partial charge in [-0.1, -0.05) is 12.1 Å². The maximum Gasteiger partial charge on any atom is 0.119 e. The van der Waals surface area contributed by atoms with Crippen molar-refractivity contribution in [2.24, 2.45) is 0 Å². The molecule has 0 unspecified atom stereocenters. The summed E-state index contributed by atoms with van der Waals surface area (Å²) in [5.41, 5.74) is 3.26. The summed E-state index contributed by atoms with van der Waals surface area (Å²) in [5.74, 6) is 1.52. The van der Waals surface area contributed by atoms with Crippen molar-refractivity contribution >= 4 is 15.9 Å². The van der Waals surface area contributed by atoms with Gasteiger partial charge in [-0.3, -0.25) is 5.10 Å². The Bertz CT molecular complexity index is 546. The zero-order valence-corrected chi connectivity index (χ0v) is 11.1. The molecule has 0 saturated heterocycles. The van der Waals surface area contributed by atoms with Crippen LogP contribution in [0.25, 0.3) is 11.3 Å². The maximum atomic E-state index is 5.23. The van der Waals surface area contributed by atoms with E-state index in [1.807, 2.05) is 24.3 Å². The Morgan fingerprint density at radius 3 is 2.94 bits per heavy atom. The summed E-state index contributed by atoms with van der Waals surface area (Å²) in [6.45, 7) is 0. The molecule has 17 heavy (non-hydrogen) atoms. The van der Waals surface area contributed by atoms with E-state index in [4.69, 9.17) is 4.74 Å². The average Bonchev–Trinajstić information content (AvgIpc) is 3.13. The molecule has 3 rings (SSSR count).